The van der Waals surface area contributed by atoms with Crippen molar-refractivity contribution in [2.45, 2.75) is 13.0 Å². The van der Waals surface area contributed by atoms with Crippen LogP contribution in [0.5, 0.6) is 0 Å². The lowest BCUT2D eigenvalue weighted by molar-refractivity contribution is -0.121. The molecule has 4 N–H and O–H groups in total. The van der Waals surface area contributed by atoms with Crippen LogP contribution in [0.25, 0.3) is 0 Å². The molecule has 10 heteroatoms. The maximum atomic E-state index is 12.0. The van der Waals surface area contributed by atoms with Gasteiger partial charge in [0.2, 0.25) is 11.8 Å². The van der Waals surface area contributed by atoms with Crippen LogP contribution in [0.3, 0.4) is 0 Å². The summed E-state index contributed by atoms with van der Waals surface area (Å²) in [6, 6.07) is 7.15. The molecular weight excluding hydrogens is 391 g/mol. The Morgan fingerprint density at radius 2 is 1.81 bits per heavy atom. The Labute approximate surface area is 171 Å². The highest BCUT2D eigenvalue weighted by Crippen LogP contribution is 2.09. The first kappa shape index (κ1) is 24.7. The highest BCUT2D eigenvalue weighted by molar-refractivity contribution is 5.92. The number of anilines is 2. The molecule has 2 rings (SSSR count). The van der Waals surface area contributed by atoms with E-state index in [0.717, 1.165) is 12.1 Å². The molecule has 0 spiro atoms. The molecule has 8 nitrogen and oxygen atoms in total. The molecule has 0 radical (unpaired) electrons. The van der Waals surface area contributed by atoms with Gasteiger partial charge in [-0.1, -0.05) is 12.1 Å². The molecule has 0 saturated heterocycles. The lowest BCUT2D eigenvalue weighted by Crippen LogP contribution is -2.33. The maximum absolute atomic E-state index is 12.0. The molecule has 27 heavy (non-hydrogen) atoms. The first-order valence-electron chi connectivity index (χ1n) is 8.00. The van der Waals surface area contributed by atoms with E-state index in [1.165, 1.54) is 10.9 Å². The molecule has 0 fully saturated rings. The highest BCUT2D eigenvalue weighted by Gasteiger charge is 2.08. The molecule has 2 aromatic rings. The molecule has 1 aromatic heterocycles. The monoisotopic (exact) mass is 416 g/mol. The standard InChI is InChI=1S/C17H24N6O2.2ClH/c1-22(2)8-7-19-17(25)12-23-11-15(10-20-23)21-16(24)9-13-3-5-14(18)6-4-13;;/h3-6,10-11H,7-9,12,18H2,1-2H3,(H,19,25)(H,21,24);2*1H. The van der Waals surface area contributed by atoms with Gasteiger partial charge in [-0.05, 0) is 31.8 Å². The van der Waals surface area contributed by atoms with E-state index in [1.807, 2.05) is 31.1 Å². The SMILES string of the molecule is CN(C)CCNC(=O)Cn1cc(NC(=O)Cc2ccc(N)cc2)cn1.Cl.Cl. The second kappa shape index (κ2) is 12.2. The molecule has 0 aliphatic heterocycles. The maximum Gasteiger partial charge on any atom is 0.241 e. The van der Waals surface area contributed by atoms with Crippen molar-refractivity contribution in [3.63, 3.8) is 0 Å². The number of aromatic nitrogens is 2. The number of carbonyl (C=O) groups excluding carboxylic acids is 2. The van der Waals surface area contributed by atoms with Crippen LogP contribution in [0.15, 0.2) is 36.7 Å². The number of hydrogen-bond acceptors (Lipinski definition) is 5. The van der Waals surface area contributed by atoms with Gasteiger partial charge in [0.15, 0.2) is 0 Å². The molecule has 0 aliphatic rings. The lowest BCUT2D eigenvalue weighted by Gasteiger charge is -2.10. The fourth-order valence-corrected chi connectivity index (χ4v) is 2.16. The van der Waals surface area contributed by atoms with Crippen molar-refractivity contribution in [3.8, 4) is 0 Å². The third-order valence-corrected chi connectivity index (χ3v) is 3.45. The summed E-state index contributed by atoms with van der Waals surface area (Å²) in [7, 11) is 3.89. The van der Waals surface area contributed by atoms with Gasteiger partial charge in [0.25, 0.3) is 0 Å². The van der Waals surface area contributed by atoms with E-state index >= 15 is 0 Å². The summed E-state index contributed by atoms with van der Waals surface area (Å²) in [6.45, 7) is 1.47. The molecule has 2 amide bonds. The van der Waals surface area contributed by atoms with Crippen molar-refractivity contribution < 1.29 is 9.59 Å². The van der Waals surface area contributed by atoms with Crippen LogP contribution < -0.4 is 16.4 Å². The van der Waals surface area contributed by atoms with Gasteiger partial charge in [-0.2, -0.15) is 5.10 Å². The zero-order chi connectivity index (χ0) is 18.2. The van der Waals surface area contributed by atoms with Crippen molar-refractivity contribution in [1.29, 1.82) is 0 Å². The van der Waals surface area contributed by atoms with Crippen LogP contribution in [-0.4, -0.2) is 53.7 Å². The molecule has 150 valence electrons. The third kappa shape index (κ3) is 9.28. The van der Waals surface area contributed by atoms with Crippen molar-refractivity contribution in [1.82, 2.24) is 20.0 Å². The Bertz CT molecular complexity index is 718. The first-order chi connectivity index (χ1) is 11.9. The van der Waals surface area contributed by atoms with Crippen molar-refractivity contribution >= 4 is 48.0 Å². The minimum Gasteiger partial charge on any atom is -0.399 e. The number of nitrogens with one attached hydrogen (secondary N) is 2. The number of rotatable bonds is 8. The van der Waals surface area contributed by atoms with Crippen LogP contribution in [0.2, 0.25) is 0 Å². The van der Waals surface area contributed by atoms with Gasteiger partial charge in [0, 0.05) is 25.0 Å². The number of carbonyl (C=O) groups is 2. The second-order valence-corrected chi connectivity index (χ2v) is 6.05. The lowest BCUT2D eigenvalue weighted by atomic mass is 10.1. The first-order valence-corrected chi connectivity index (χ1v) is 8.00. The summed E-state index contributed by atoms with van der Waals surface area (Å²) >= 11 is 0. The zero-order valence-electron chi connectivity index (χ0n) is 15.3. The third-order valence-electron chi connectivity index (χ3n) is 3.45. The van der Waals surface area contributed by atoms with Crippen LogP contribution in [0.4, 0.5) is 11.4 Å². The Kier molecular flexibility index (Phi) is 11.1. The van der Waals surface area contributed by atoms with E-state index in [9.17, 15) is 9.59 Å². The zero-order valence-corrected chi connectivity index (χ0v) is 17.0. The van der Waals surface area contributed by atoms with E-state index in [-0.39, 0.29) is 49.6 Å². The minimum absolute atomic E-state index is 0. The number of benzene rings is 1. The van der Waals surface area contributed by atoms with Gasteiger partial charge < -0.3 is 21.3 Å². The summed E-state index contributed by atoms with van der Waals surface area (Å²) in [6.07, 6.45) is 3.40. The number of likely N-dealkylation sites (N-methyl/N-ethyl adjacent to an activating group) is 1. The normalized spacial score (nSPS) is 9.89. The summed E-state index contributed by atoms with van der Waals surface area (Å²) in [5.74, 6) is -0.274. The molecule has 0 saturated carbocycles. The van der Waals surface area contributed by atoms with Crippen molar-refractivity contribution in [3.05, 3.63) is 42.2 Å². The topological polar surface area (TPSA) is 105 Å². The number of nitrogens with two attached hydrogens (primary N) is 1. The van der Waals surface area contributed by atoms with Crippen LogP contribution in [0, 0.1) is 0 Å². The summed E-state index contributed by atoms with van der Waals surface area (Å²) < 4.78 is 1.49. The molecule has 0 unspecified atom stereocenters. The van der Waals surface area contributed by atoms with Crippen molar-refractivity contribution in [2.24, 2.45) is 0 Å². The van der Waals surface area contributed by atoms with Gasteiger partial charge >= 0.3 is 0 Å². The number of hydrogen-bond donors (Lipinski definition) is 3. The Balaban J connectivity index is 0.00000338. The Hall–Kier alpha value is -2.29. The number of nitrogens with zero attached hydrogens (tertiary/aromatic N) is 3. The van der Waals surface area contributed by atoms with Gasteiger partial charge in [0.1, 0.15) is 6.54 Å². The fourth-order valence-electron chi connectivity index (χ4n) is 2.16. The number of halogens is 2. The van der Waals surface area contributed by atoms with E-state index < -0.39 is 0 Å². The second-order valence-electron chi connectivity index (χ2n) is 6.05. The largest absolute Gasteiger partial charge is 0.399 e. The van der Waals surface area contributed by atoms with Crippen LogP contribution in [-0.2, 0) is 22.6 Å². The average Bonchev–Trinajstić information content (AvgIpc) is 2.96. The van der Waals surface area contributed by atoms with Crippen molar-refractivity contribution in [2.75, 3.05) is 38.2 Å². The predicted octanol–water partition coefficient (Wildman–Crippen LogP) is 1.17. The van der Waals surface area contributed by atoms with Gasteiger partial charge in [-0.25, -0.2) is 0 Å². The number of amides is 2. The molecule has 0 atom stereocenters. The van der Waals surface area contributed by atoms with Gasteiger partial charge in [0.05, 0.1) is 18.3 Å². The molecule has 0 aliphatic carbocycles. The number of nitrogen functional groups attached to an aromatic ring is 1. The van der Waals surface area contributed by atoms with Crippen LogP contribution in [0.1, 0.15) is 5.56 Å². The summed E-state index contributed by atoms with van der Waals surface area (Å²) in [5.41, 5.74) is 7.71. The predicted molar refractivity (Wildman–Crippen MR) is 111 cm³/mol. The Morgan fingerprint density at radius 1 is 1.15 bits per heavy atom. The van der Waals surface area contributed by atoms with E-state index in [4.69, 9.17) is 5.73 Å². The summed E-state index contributed by atoms with van der Waals surface area (Å²) in [4.78, 5) is 25.8. The van der Waals surface area contributed by atoms with Crippen LogP contribution >= 0.6 is 24.8 Å². The smallest absolute Gasteiger partial charge is 0.241 e. The van der Waals surface area contributed by atoms with E-state index in [2.05, 4.69) is 15.7 Å². The fraction of sp³-hybridized carbons (Fsp3) is 0.353. The molecule has 1 heterocycles. The minimum atomic E-state index is -0.153. The Morgan fingerprint density at radius 3 is 2.44 bits per heavy atom. The highest BCUT2D eigenvalue weighted by atomic mass is 35.5. The van der Waals surface area contributed by atoms with Gasteiger partial charge in [-0.3, -0.25) is 14.3 Å². The molecule has 0 bridgehead atoms. The van der Waals surface area contributed by atoms with E-state index in [0.29, 0.717) is 17.9 Å². The van der Waals surface area contributed by atoms with Gasteiger partial charge in [-0.15, -0.1) is 24.8 Å². The summed E-state index contributed by atoms with van der Waals surface area (Å²) in [5, 5.41) is 9.66. The average molecular weight is 417 g/mol. The van der Waals surface area contributed by atoms with E-state index in [1.54, 1.807) is 18.3 Å². The molecule has 1 aromatic carbocycles. The quantitative estimate of drug-likeness (QED) is 0.560. The molecular formula is C17H26Cl2N6O2.